The van der Waals surface area contributed by atoms with E-state index in [1.54, 1.807) is 37.7 Å². The van der Waals surface area contributed by atoms with Gasteiger partial charge in [-0.3, -0.25) is 0 Å². The van der Waals surface area contributed by atoms with Gasteiger partial charge in [0.25, 0.3) is 0 Å². The van der Waals surface area contributed by atoms with E-state index in [-0.39, 0.29) is 0 Å². The fraction of sp³-hybridized carbons (Fsp3) is 1.00. The molecule has 0 N–H and O–H groups in total. The van der Waals surface area contributed by atoms with Crippen LogP contribution in [-0.2, 0) is 0 Å². The Hall–Kier alpha value is 0.430. The fourth-order valence-corrected chi connectivity index (χ4v) is 12.7. The summed E-state index contributed by atoms with van der Waals surface area (Å²) in [5.74, 6) is 0. The maximum atomic E-state index is 2.83. The SMILES string of the molecule is CCCCCCCCCCCCCCCC[PH](C)(CCCCCCCCCCCCCCCC)CCCCCCCCCCCCCCCC. The van der Waals surface area contributed by atoms with Crippen molar-refractivity contribution in [2.75, 3.05) is 25.2 Å². The van der Waals surface area contributed by atoms with Gasteiger partial charge in [0.1, 0.15) is 0 Å². The Bertz CT molecular complexity index is 505. The minimum atomic E-state index is -1.06. The third-order valence-electron chi connectivity index (χ3n) is 12.4. The first-order valence-electron chi connectivity index (χ1n) is 24.7. The van der Waals surface area contributed by atoms with E-state index in [0.29, 0.717) is 0 Å². The van der Waals surface area contributed by atoms with Gasteiger partial charge in [-0.1, -0.05) is 78.6 Å². The molecule has 0 spiro atoms. The molecule has 0 rings (SSSR count). The Labute approximate surface area is 321 Å². The van der Waals surface area contributed by atoms with Gasteiger partial charge in [0.05, 0.1) is 0 Å². The molecule has 0 unspecified atom stereocenters. The Morgan fingerprint density at radius 1 is 0.180 bits per heavy atom. The van der Waals surface area contributed by atoms with Crippen molar-refractivity contribution in [3.63, 3.8) is 0 Å². The summed E-state index contributed by atoms with van der Waals surface area (Å²) in [6, 6.07) is 0. The molecule has 50 heavy (non-hydrogen) atoms. The van der Waals surface area contributed by atoms with Gasteiger partial charge in [-0.25, -0.2) is 0 Å². The molecule has 0 aliphatic carbocycles. The van der Waals surface area contributed by atoms with E-state index in [9.17, 15) is 0 Å². The minimum absolute atomic E-state index is 1.06. The molecular formula is C49H103P. The normalized spacial score (nSPS) is 12.3. The second kappa shape index (κ2) is 43.8. The quantitative estimate of drug-likeness (QED) is 0.0434. The maximum absolute atomic E-state index is 2.83. The van der Waals surface area contributed by atoms with Crippen molar-refractivity contribution >= 4 is 7.26 Å². The molecule has 0 heterocycles. The van der Waals surface area contributed by atoms with Gasteiger partial charge in [-0.05, 0) is 0 Å². The summed E-state index contributed by atoms with van der Waals surface area (Å²) in [5.41, 5.74) is 0. The fourth-order valence-electron chi connectivity index (χ4n) is 8.61. The van der Waals surface area contributed by atoms with Crippen LogP contribution in [0.15, 0.2) is 0 Å². The Morgan fingerprint density at radius 3 is 0.440 bits per heavy atom. The van der Waals surface area contributed by atoms with Crippen LogP contribution >= 0.6 is 7.26 Å². The second-order valence-corrected chi connectivity index (χ2v) is 23.0. The van der Waals surface area contributed by atoms with Crippen molar-refractivity contribution in [3.05, 3.63) is 0 Å². The van der Waals surface area contributed by atoms with E-state index in [0.717, 1.165) is 0 Å². The Kier molecular flexibility index (Phi) is 44.2. The Balaban J connectivity index is 4.07. The van der Waals surface area contributed by atoms with Gasteiger partial charge >= 0.3 is 244 Å². The van der Waals surface area contributed by atoms with Crippen molar-refractivity contribution in [2.45, 2.75) is 290 Å². The average Bonchev–Trinajstić information content (AvgIpc) is 3.12. The summed E-state index contributed by atoms with van der Waals surface area (Å²) < 4.78 is 0. The summed E-state index contributed by atoms with van der Waals surface area (Å²) in [7, 11) is -1.06. The van der Waals surface area contributed by atoms with Crippen LogP contribution in [0.4, 0.5) is 0 Å². The molecule has 0 aliphatic heterocycles. The van der Waals surface area contributed by atoms with Crippen molar-refractivity contribution < 1.29 is 0 Å². The third-order valence-corrected chi connectivity index (χ3v) is 17.1. The number of hydrogen-bond donors (Lipinski definition) is 0. The number of unbranched alkanes of at least 4 members (excludes halogenated alkanes) is 39. The summed E-state index contributed by atoms with van der Waals surface area (Å²) in [5, 5.41) is 0. The average molecular weight is 723 g/mol. The van der Waals surface area contributed by atoms with Crippen molar-refractivity contribution in [1.29, 1.82) is 0 Å². The summed E-state index contributed by atoms with van der Waals surface area (Å²) in [6.45, 7) is 9.80. The first kappa shape index (κ1) is 50.4. The molecular weight excluding hydrogens is 620 g/mol. The monoisotopic (exact) mass is 723 g/mol. The predicted molar refractivity (Wildman–Crippen MR) is 240 cm³/mol. The van der Waals surface area contributed by atoms with Gasteiger partial charge in [-0.2, -0.15) is 0 Å². The zero-order valence-electron chi connectivity index (χ0n) is 36.3. The molecule has 0 atom stereocenters. The van der Waals surface area contributed by atoms with Crippen LogP contribution in [0.3, 0.4) is 0 Å². The molecule has 304 valence electrons. The first-order valence-corrected chi connectivity index (χ1v) is 27.8. The van der Waals surface area contributed by atoms with Crippen LogP contribution in [0.2, 0.25) is 0 Å². The van der Waals surface area contributed by atoms with Crippen LogP contribution in [0.25, 0.3) is 0 Å². The smallest absolute Gasteiger partial charge is 0.0654 e. The van der Waals surface area contributed by atoms with Gasteiger partial charge in [0.15, 0.2) is 0 Å². The second-order valence-electron chi connectivity index (χ2n) is 17.8. The van der Waals surface area contributed by atoms with E-state index >= 15 is 0 Å². The van der Waals surface area contributed by atoms with Crippen LogP contribution in [0, 0.1) is 0 Å². The molecule has 0 amide bonds. The molecule has 0 aromatic heterocycles. The standard InChI is InChI=1S/C49H103P/c1-5-8-11-14-17-20-23-26-29-32-35-38-41-44-47-50(4,48-45-42-39-36-33-30-27-24-21-18-15-12-9-6-2)49-46-43-40-37-34-31-28-25-22-19-16-13-10-7-3/h50H,5-49H2,1-4H3. The van der Waals surface area contributed by atoms with Crippen LogP contribution in [0.1, 0.15) is 290 Å². The minimum Gasteiger partial charge on any atom is -0.0654 e. The van der Waals surface area contributed by atoms with Gasteiger partial charge in [0, 0.05) is 0 Å². The molecule has 0 aliphatic rings. The van der Waals surface area contributed by atoms with E-state index in [1.165, 1.54) is 250 Å². The summed E-state index contributed by atoms with van der Waals surface area (Å²) in [4.78, 5) is 0. The Morgan fingerprint density at radius 2 is 0.300 bits per heavy atom. The number of rotatable bonds is 45. The van der Waals surface area contributed by atoms with E-state index in [4.69, 9.17) is 0 Å². The molecule has 0 aromatic rings. The predicted octanol–water partition coefficient (Wildman–Crippen LogP) is 18.8. The molecule has 1 heteroatoms. The van der Waals surface area contributed by atoms with E-state index in [1.807, 2.05) is 0 Å². The molecule has 0 saturated carbocycles. The van der Waals surface area contributed by atoms with Gasteiger partial charge in [-0.15, -0.1) is 0 Å². The first-order chi connectivity index (χ1) is 24.7. The molecule has 0 nitrogen and oxygen atoms in total. The van der Waals surface area contributed by atoms with Gasteiger partial charge in [0.2, 0.25) is 0 Å². The number of hydrogen-bond acceptors (Lipinski definition) is 0. The van der Waals surface area contributed by atoms with E-state index < -0.39 is 7.26 Å². The zero-order valence-corrected chi connectivity index (χ0v) is 37.3. The van der Waals surface area contributed by atoms with E-state index in [2.05, 4.69) is 27.4 Å². The summed E-state index contributed by atoms with van der Waals surface area (Å²) >= 11 is 0. The van der Waals surface area contributed by atoms with Gasteiger partial charge < -0.3 is 0 Å². The molecule has 0 saturated heterocycles. The summed E-state index contributed by atoms with van der Waals surface area (Å²) in [6.07, 6.45) is 67.4. The van der Waals surface area contributed by atoms with Crippen molar-refractivity contribution in [3.8, 4) is 0 Å². The van der Waals surface area contributed by atoms with Crippen LogP contribution in [0.5, 0.6) is 0 Å². The van der Waals surface area contributed by atoms with Crippen LogP contribution < -0.4 is 0 Å². The molecule has 0 radical (unpaired) electrons. The molecule has 0 fully saturated rings. The topological polar surface area (TPSA) is 0 Å². The third kappa shape index (κ3) is 41.2. The van der Waals surface area contributed by atoms with Crippen LogP contribution in [-0.4, -0.2) is 25.2 Å². The molecule has 0 bridgehead atoms. The van der Waals surface area contributed by atoms with Crippen molar-refractivity contribution in [2.24, 2.45) is 0 Å². The van der Waals surface area contributed by atoms with Crippen molar-refractivity contribution in [1.82, 2.24) is 0 Å². The molecule has 0 aromatic carbocycles. The zero-order chi connectivity index (χ0) is 36.3.